The van der Waals surface area contributed by atoms with Crippen LogP contribution in [0.5, 0.6) is 0 Å². The third-order valence-corrected chi connectivity index (χ3v) is 7.38. The molecule has 3 rings (SSSR count). The second-order valence-electron chi connectivity index (χ2n) is 6.67. The fraction of sp³-hybridized carbons (Fsp3) is 0.333. The highest BCUT2D eigenvalue weighted by Crippen LogP contribution is 2.24. The van der Waals surface area contributed by atoms with E-state index in [1.807, 2.05) is 17.7 Å². The Balaban J connectivity index is 1.91. The summed E-state index contributed by atoms with van der Waals surface area (Å²) >= 11 is 3.15. The van der Waals surface area contributed by atoms with Crippen LogP contribution in [0.2, 0.25) is 0 Å². The fourth-order valence-corrected chi connectivity index (χ4v) is 5.21. The van der Waals surface area contributed by atoms with Crippen LogP contribution >= 0.6 is 23.1 Å². The van der Waals surface area contributed by atoms with Gasteiger partial charge in [-0.1, -0.05) is 23.5 Å². The van der Waals surface area contributed by atoms with Crippen molar-refractivity contribution in [1.29, 1.82) is 0 Å². The molecule has 0 fully saturated rings. The molecule has 0 bridgehead atoms. The lowest BCUT2D eigenvalue weighted by molar-refractivity contribution is -0.117. The molecule has 0 aliphatic heterocycles. The van der Waals surface area contributed by atoms with Crippen LogP contribution in [0, 0.1) is 0 Å². The Hall–Kier alpha value is -1.94. The monoisotopic (exact) mass is 464 g/mol. The van der Waals surface area contributed by atoms with Crippen molar-refractivity contribution in [2.45, 2.75) is 29.7 Å². The minimum atomic E-state index is -3.26. The summed E-state index contributed by atoms with van der Waals surface area (Å²) in [6.45, 7) is 3.74. The second-order valence-corrected chi connectivity index (χ2v) is 10.6. The van der Waals surface area contributed by atoms with Crippen LogP contribution in [0.3, 0.4) is 0 Å². The first kappa shape index (κ1) is 22.7. The van der Waals surface area contributed by atoms with Gasteiger partial charge in [-0.15, -0.1) is 11.8 Å². The van der Waals surface area contributed by atoms with Crippen molar-refractivity contribution < 1.29 is 17.9 Å². The Morgan fingerprint density at radius 2 is 1.93 bits per heavy atom. The Morgan fingerprint density at radius 3 is 2.57 bits per heavy atom. The third-order valence-electron chi connectivity index (χ3n) is 4.48. The van der Waals surface area contributed by atoms with E-state index >= 15 is 0 Å². The number of thioether (sulfide) groups is 1. The topological polar surface area (TPSA) is 77.7 Å². The van der Waals surface area contributed by atoms with Gasteiger partial charge in [0.05, 0.1) is 28.1 Å². The van der Waals surface area contributed by atoms with Crippen LogP contribution in [0.4, 0.5) is 0 Å². The number of amides is 1. The van der Waals surface area contributed by atoms with E-state index in [0.717, 1.165) is 26.9 Å². The SMILES string of the molecule is CCOCCn1c(=NC(=O)Cc2ccc(S(C)(=O)=O)cc2)sc2cc(SC)ccc21. The van der Waals surface area contributed by atoms with Crippen LogP contribution < -0.4 is 4.80 Å². The van der Waals surface area contributed by atoms with Crippen LogP contribution in [0.15, 0.2) is 57.2 Å². The molecule has 1 amide bonds. The van der Waals surface area contributed by atoms with Gasteiger partial charge in [0, 0.05) is 24.3 Å². The summed E-state index contributed by atoms with van der Waals surface area (Å²) in [6.07, 6.45) is 3.30. The highest BCUT2D eigenvalue weighted by Gasteiger charge is 2.11. The molecule has 2 aromatic carbocycles. The van der Waals surface area contributed by atoms with Crippen LogP contribution in [0.1, 0.15) is 12.5 Å². The van der Waals surface area contributed by atoms with Gasteiger partial charge in [0.15, 0.2) is 14.6 Å². The van der Waals surface area contributed by atoms with Crippen molar-refractivity contribution in [3.63, 3.8) is 0 Å². The lowest BCUT2D eigenvalue weighted by Gasteiger charge is -2.06. The molecule has 0 saturated carbocycles. The number of sulfone groups is 1. The molecule has 160 valence electrons. The summed E-state index contributed by atoms with van der Waals surface area (Å²) in [5.74, 6) is -0.274. The second kappa shape index (κ2) is 9.91. The molecule has 6 nitrogen and oxygen atoms in total. The van der Waals surface area contributed by atoms with Gasteiger partial charge in [-0.05, 0) is 49.1 Å². The number of nitrogens with zero attached hydrogens (tertiary/aromatic N) is 2. The molecule has 0 aliphatic carbocycles. The largest absolute Gasteiger partial charge is 0.380 e. The first-order valence-corrected chi connectivity index (χ1v) is 13.4. The summed E-state index contributed by atoms with van der Waals surface area (Å²) in [6, 6.07) is 12.6. The van der Waals surface area contributed by atoms with Crippen molar-refractivity contribution in [2.24, 2.45) is 4.99 Å². The molecule has 3 aromatic rings. The van der Waals surface area contributed by atoms with Crippen molar-refractivity contribution >= 4 is 49.1 Å². The van der Waals surface area contributed by atoms with Crippen LogP contribution in [0.25, 0.3) is 10.2 Å². The number of fused-ring (bicyclic) bond motifs is 1. The van der Waals surface area contributed by atoms with Gasteiger partial charge < -0.3 is 9.30 Å². The van der Waals surface area contributed by atoms with Gasteiger partial charge in [-0.3, -0.25) is 4.79 Å². The number of hydrogen-bond acceptors (Lipinski definition) is 6. The predicted molar refractivity (Wildman–Crippen MR) is 122 cm³/mol. The maximum Gasteiger partial charge on any atom is 0.252 e. The van der Waals surface area contributed by atoms with E-state index in [2.05, 4.69) is 23.2 Å². The smallest absolute Gasteiger partial charge is 0.252 e. The average molecular weight is 465 g/mol. The molecule has 9 heteroatoms. The van der Waals surface area contributed by atoms with Crippen LogP contribution in [-0.2, 0) is 32.3 Å². The maximum atomic E-state index is 12.6. The number of carbonyl (C=O) groups excluding carboxylic acids is 1. The lowest BCUT2D eigenvalue weighted by Crippen LogP contribution is -2.20. The first-order valence-electron chi connectivity index (χ1n) is 9.43. The molecule has 0 unspecified atom stereocenters. The molecule has 0 atom stereocenters. The zero-order valence-electron chi connectivity index (χ0n) is 17.1. The molecule has 30 heavy (non-hydrogen) atoms. The highest BCUT2D eigenvalue weighted by molar-refractivity contribution is 7.98. The Labute approximate surface area is 184 Å². The average Bonchev–Trinajstić information content (AvgIpc) is 3.04. The van der Waals surface area contributed by atoms with Gasteiger partial charge >= 0.3 is 0 Å². The van der Waals surface area contributed by atoms with Crippen molar-refractivity contribution in [3.05, 3.63) is 52.8 Å². The first-order chi connectivity index (χ1) is 14.3. The van der Waals surface area contributed by atoms with Gasteiger partial charge in [-0.2, -0.15) is 4.99 Å². The number of aromatic nitrogens is 1. The van der Waals surface area contributed by atoms with E-state index in [-0.39, 0.29) is 17.2 Å². The zero-order chi connectivity index (χ0) is 21.7. The van der Waals surface area contributed by atoms with Crippen molar-refractivity contribution in [2.75, 3.05) is 25.7 Å². The maximum absolute atomic E-state index is 12.6. The van der Waals surface area contributed by atoms with Gasteiger partial charge in [-0.25, -0.2) is 8.42 Å². The highest BCUT2D eigenvalue weighted by atomic mass is 32.2. The Morgan fingerprint density at radius 1 is 1.20 bits per heavy atom. The van der Waals surface area contributed by atoms with Gasteiger partial charge in [0.1, 0.15) is 0 Å². The minimum Gasteiger partial charge on any atom is -0.380 e. The van der Waals surface area contributed by atoms with Crippen molar-refractivity contribution in [3.8, 4) is 0 Å². The summed E-state index contributed by atoms with van der Waals surface area (Å²) in [5.41, 5.74) is 1.75. The number of rotatable bonds is 8. The Kier molecular flexibility index (Phi) is 7.51. The Bertz CT molecular complexity index is 1210. The summed E-state index contributed by atoms with van der Waals surface area (Å²) < 4.78 is 31.8. The van der Waals surface area contributed by atoms with E-state index < -0.39 is 9.84 Å². The minimum absolute atomic E-state index is 0.111. The van der Waals surface area contributed by atoms with E-state index in [1.165, 1.54) is 23.5 Å². The van der Waals surface area contributed by atoms with Crippen molar-refractivity contribution in [1.82, 2.24) is 4.57 Å². The number of benzene rings is 2. The molecule has 1 heterocycles. The van der Waals surface area contributed by atoms with E-state index in [9.17, 15) is 13.2 Å². The number of hydrogen-bond donors (Lipinski definition) is 0. The molecular formula is C21H24N2O4S3. The van der Waals surface area contributed by atoms with E-state index in [0.29, 0.717) is 24.6 Å². The quantitative estimate of drug-likeness (QED) is 0.376. The van der Waals surface area contributed by atoms with E-state index in [1.54, 1.807) is 23.9 Å². The zero-order valence-corrected chi connectivity index (χ0v) is 19.6. The molecule has 0 spiro atoms. The van der Waals surface area contributed by atoms with Gasteiger partial charge in [0.25, 0.3) is 5.91 Å². The normalized spacial score (nSPS) is 12.6. The molecule has 0 aliphatic rings. The number of carbonyl (C=O) groups is 1. The summed E-state index contributed by atoms with van der Waals surface area (Å²) in [7, 11) is -3.26. The molecule has 0 radical (unpaired) electrons. The third kappa shape index (κ3) is 5.60. The fourth-order valence-electron chi connectivity index (χ4n) is 2.96. The number of ether oxygens (including phenoxy) is 1. The molecular weight excluding hydrogens is 440 g/mol. The lowest BCUT2D eigenvalue weighted by atomic mass is 10.1. The molecule has 0 saturated heterocycles. The summed E-state index contributed by atoms with van der Waals surface area (Å²) in [5, 5.41) is 0. The summed E-state index contributed by atoms with van der Waals surface area (Å²) in [4.78, 5) is 19.0. The van der Waals surface area contributed by atoms with E-state index in [4.69, 9.17) is 4.74 Å². The molecule has 1 aromatic heterocycles. The predicted octanol–water partition coefficient (Wildman–Crippen LogP) is 3.53. The van der Waals surface area contributed by atoms with Crippen LogP contribution in [-0.4, -0.2) is 44.6 Å². The molecule has 0 N–H and O–H groups in total. The standard InChI is InChI=1S/C21H24N2O4S3/c1-4-27-12-11-23-18-10-7-16(28-2)14-19(18)29-21(23)22-20(24)13-15-5-8-17(9-6-15)30(3,25)26/h5-10,14H,4,11-13H2,1-3H3. The number of thiazole rings is 1. The van der Waals surface area contributed by atoms with Gasteiger partial charge in [0.2, 0.25) is 0 Å².